The summed E-state index contributed by atoms with van der Waals surface area (Å²) in [5.41, 5.74) is 2.11. The van der Waals surface area contributed by atoms with E-state index in [2.05, 4.69) is 31.2 Å². The number of anilines is 2. The van der Waals surface area contributed by atoms with Crippen molar-refractivity contribution < 1.29 is 4.74 Å². The lowest BCUT2D eigenvalue weighted by molar-refractivity contribution is 0.118. The summed E-state index contributed by atoms with van der Waals surface area (Å²) in [7, 11) is 1.77. The Morgan fingerprint density at radius 2 is 2.23 bits per heavy atom. The molecular weight excluding hydrogens is 278 g/mol. The van der Waals surface area contributed by atoms with Crippen LogP contribution in [0.4, 0.5) is 11.5 Å². The summed E-state index contributed by atoms with van der Waals surface area (Å²) in [6.45, 7) is 3.69. The molecular formula is C16H21N5O. The van der Waals surface area contributed by atoms with Gasteiger partial charge in [-0.15, -0.1) is 0 Å². The minimum Gasteiger partial charge on any atom is -0.383 e. The monoisotopic (exact) mass is 299 g/mol. The number of methoxy groups -OCH3 is 1. The number of nitrogens with one attached hydrogen (secondary N) is 1. The Morgan fingerprint density at radius 3 is 2.95 bits per heavy atom. The minimum atomic E-state index is 0.237. The van der Waals surface area contributed by atoms with Crippen molar-refractivity contribution in [3.8, 4) is 0 Å². The van der Waals surface area contributed by atoms with Crippen LogP contribution in [0.5, 0.6) is 0 Å². The average Bonchev–Trinajstić information content (AvgIpc) is 2.97. The zero-order chi connectivity index (χ0) is 15.4. The third kappa shape index (κ3) is 3.33. The van der Waals surface area contributed by atoms with E-state index in [0.29, 0.717) is 6.04 Å². The summed E-state index contributed by atoms with van der Waals surface area (Å²) in [4.78, 5) is 14.9. The molecule has 1 aliphatic heterocycles. The second kappa shape index (κ2) is 6.70. The zero-order valence-electron chi connectivity index (χ0n) is 12.9. The van der Waals surface area contributed by atoms with Crippen LogP contribution in [0.25, 0.3) is 0 Å². The van der Waals surface area contributed by atoms with E-state index in [1.165, 1.54) is 0 Å². The number of hydrogen-bond donors (Lipinski definition) is 1. The highest BCUT2D eigenvalue weighted by Gasteiger charge is 2.32. The summed E-state index contributed by atoms with van der Waals surface area (Å²) < 4.78 is 5.54. The molecule has 3 rings (SSSR count). The quantitative estimate of drug-likeness (QED) is 0.909. The molecule has 0 spiro atoms. The summed E-state index contributed by atoms with van der Waals surface area (Å²) in [6, 6.07) is 6.33. The van der Waals surface area contributed by atoms with E-state index in [1.54, 1.807) is 19.6 Å². The van der Waals surface area contributed by atoms with Crippen molar-refractivity contribution in [3.05, 3.63) is 42.6 Å². The Morgan fingerprint density at radius 1 is 1.32 bits per heavy atom. The largest absolute Gasteiger partial charge is 0.383 e. The number of rotatable bonds is 5. The van der Waals surface area contributed by atoms with Crippen LogP contribution < -0.4 is 10.2 Å². The number of aryl methyl sites for hydroxylation is 1. The SMILES string of the molecule is CO[C@@H]1C[C@H](CNc2ccnc(C)c2)N(c2ccncn2)C1. The maximum atomic E-state index is 5.54. The van der Waals surface area contributed by atoms with Gasteiger partial charge in [0.1, 0.15) is 12.1 Å². The van der Waals surface area contributed by atoms with E-state index in [-0.39, 0.29) is 6.10 Å². The van der Waals surface area contributed by atoms with Crippen molar-refractivity contribution >= 4 is 11.5 Å². The molecule has 2 aromatic rings. The van der Waals surface area contributed by atoms with Gasteiger partial charge < -0.3 is 15.0 Å². The molecule has 22 heavy (non-hydrogen) atoms. The van der Waals surface area contributed by atoms with Gasteiger partial charge in [0.25, 0.3) is 0 Å². The summed E-state index contributed by atoms with van der Waals surface area (Å²) in [5, 5.41) is 3.49. The van der Waals surface area contributed by atoms with E-state index < -0.39 is 0 Å². The van der Waals surface area contributed by atoms with Gasteiger partial charge in [0.2, 0.25) is 0 Å². The van der Waals surface area contributed by atoms with Crippen LogP contribution in [0.1, 0.15) is 12.1 Å². The van der Waals surface area contributed by atoms with Crippen LogP contribution in [0.2, 0.25) is 0 Å². The minimum absolute atomic E-state index is 0.237. The maximum absolute atomic E-state index is 5.54. The number of aromatic nitrogens is 3. The van der Waals surface area contributed by atoms with Crippen LogP contribution >= 0.6 is 0 Å². The first kappa shape index (κ1) is 14.7. The Bertz CT molecular complexity index is 606. The zero-order valence-corrected chi connectivity index (χ0v) is 12.9. The molecule has 0 bridgehead atoms. The van der Waals surface area contributed by atoms with Gasteiger partial charge in [-0.3, -0.25) is 4.98 Å². The number of nitrogens with zero attached hydrogens (tertiary/aromatic N) is 4. The molecule has 0 aliphatic carbocycles. The molecule has 3 heterocycles. The molecule has 0 saturated carbocycles. The number of pyridine rings is 1. The van der Waals surface area contributed by atoms with Crippen molar-refractivity contribution in [2.75, 3.05) is 30.4 Å². The summed E-state index contributed by atoms with van der Waals surface area (Å²) >= 11 is 0. The second-order valence-electron chi connectivity index (χ2n) is 5.53. The normalized spacial score (nSPS) is 21.1. The average molecular weight is 299 g/mol. The summed E-state index contributed by atoms with van der Waals surface area (Å²) in [5.74, 6) is 0.951. The maximum Gasteiger partial charge on any atom is 0.132 e. The van der Waals surface area contributed by atoms with Gasteiger partial charge in [0.05, 0.1) is 12.1 Å². The van der Waals surface area contributed by atoms with Crippen molar-refractivity contribution in [2.45, 2.75) is 25.5 Å². The number of ether oxygens (including phenoxy) is 1. The Hall–Kier alpha value is -2.21. The van der Waals surface area contributed by atoms with Gasteiger partial charge in [0, 0.05) is 44.0 Å². The molecule has 0 aromatic carbocycles. The predicted molar refractivity (Wildman–Crippen MR) is 86.0 cm³/mol. The first-order valence-corrected chi connectivity index (χ1v) is 7.48. The van der Waals surface area contributed by atoms with Gasteiger partial charge >= 0.3 is 0 Å². The fraction of sp³-hybridized carbons (Fsp3) is 0.438. The third-order valence-corrected chi connectivity index (χ3v) is 4.01. The molecule has 1 aliphatic rings. The van der Waals surface area contributed by atoms with Crippen LogP contribution in [-0.4, -0.2) is 47.3 Å². The van der Waals surface area contributed by atoms with Crippen LogP contribution in [0.3, 0.4) is 0 Å². The van der Waals surface area contributed by atoms with E-state index in [0.717, 1.165) is 36.7 Å². The highest BCUT2D eigenvalue weighted by molar-refractivity contribution is 5.45. The molecule has 2 atom stereocenters. The second-order valence-corrected chi connectivity index (χ2v) is 5.53. The third-order valence-electron chi connectivity index (χ3n) is 4.01. The molecule has 2 aromatic heterocycles. The molecule has 0 radical (unpaired) electrons. The van der Waals surface area contributed by atoms with Gasteiger partial charge in [-0.25, -0.2) is 9.97 Å². The van der Waals surface area contributed by atoms with Crippen LogP contribution in [0.15, 0.2) is 36.9 Å². The summed E-state index contributed by atoms with van der Waals surface area (Å²) in [6.07, 6.45) is 6.41. The van der Waals surface area contributed by atoms with Crippen molar-refractivity contribution in [1.82, 2.24) is 15.0 Å². The van der Waals surface area contributed by atoms with Crippen molar-refractivity contribution in [3.63, 3.8) is 0 Å². The lowest BCUT2D eigenvalue weighted by atomic mass is 10.2. The first-order chi connectivity index (χ1) is 10.8. The standard InChI is InChI=1S/C16H21N5O/c1-12-7-13(3-6-18-12)19-9-14-8-15(22-2)10-21(14)16-4-5-17-11-20-16/h3-7,11,14-15H,8-10H2,1-2H3,(H,18,19)/t14-,15-/m1/s1. The first-order valence-electron chi connectivity index (χ1n) is 7.48. The molecule has 1 saturated heterocycles. The van der Waals surface area contributed by atoms with Crippen LogP contribution in [-0.2, 0) is 4.74 Å². The molecule has 0 unspecified atom stereocenters. The highest BCUT2D eigenvalue weighted by atomic mass is 16.5. The predicted octanol–water partition coefficient (Wildman–Crippen LogP) is 1.89. The van der Waals surface area contributed by atoms with Gasteiger partial charge in [-0.2, -0.15) is 0 Å². The van der Waals surface area contributed by atoms with Gasteiger partial charge in [-0.05, 0) is 31.5 Å². The van der Waals surface area contributed by atoms with Gasteiger partial charge in [-0.1, -0.05) is 0 Å². The Kier molecular flexibility index (Phi) is 4.48. The van der Waals surface area contributed by atoms with E-state index in [9.17, 15) is 0 Å². The smallest absolute Gasteiger partial charge is 0.132 e. The molecule has 0 amide bonds. The Labute approximate surface area is 130 Å². The molecule has 6 nitrogen and oxygen atoms in total. The molecule has 1 N–H and O–H groups in total. The van der Waals surface area contributed by atoms with Crippen molar-refractivity contribution in [1.29, 1.82) is 0 Å². The molecule has 1 fully saturated rings. The Balaban J connectivity index is 1.70. The topological polar surface area (TPSA) is 63.2 Å². The van der Waals surface area contributed by atoms with Crippen LogP contribution in [0, 0.1) is 6.92 Å². The molecule has 6 heteroatoms. The van der Waals surface area contributed by atoms with E-state index in [4.69, 9.17) is 4.74 Å². The van der Waals surface area contributed by atoms with Crippen molar-refractivity contribution in [2.24, 2.45) is 0 Å². The number of hydrogen-bond acceptors (Lipinski definition) is 6. The highest BCUT2D eigenvalue weighted by Crippen LogP contribution is 2.25. The fourth-order valence-electron chi connectivity index (χ4n) is 2.86. The lowest BCUT2D eigenvalue weighted by Gasteiger charge is -2.25. The molecule has 116 valence electrons. The van der Waals surface area contributed by atoms with Gasteiger partial charge in [0.15, 0.2) is 0 Å². The van der Waals surface area contributed by atoms with E-state index in [1.807, 2.05) is 25.3 Å². The fourth-order valence-corrected chi connectivity index (χ4v) is 2.86. The lowest BCUT2D eigenvalue weighted by Crippen LogP contribution is -2.35. The van der Waals surface area contributed by atoms with E-state index >= 15 is 0 Å².